The van der Waals surface area contributed by atoms with E-state index in [2.05, 4.69) is 0 Å². The van der Waals surface area contributed by atoms with Gasteiger partial charge in [-0.2, -0.15) is 0 Å². The zero-order valence-electron chi connectivity index (χ0n) is 12.2. The third-order valence-corrected chi connectivity index (χ3v) is 5.29. The Hall–Kier alpha value is -1.61. The van der Waals surface area contributed by atoms with E-state index in [0.717, 1.165) is 6.07 Å². The molecule has 2 rings (SSSR count). The van der Waals surface area contributed by atoms with Crippen molar-refractivity contribution in [3.05, 3.63) is 58.9 Å². The maximum Gasteiger partial charge on any atom is 0.338 e. The number of hydrogen-bond donors (Lipinski definition) is 1. The first-order chi connectivity index (χ1) is 11.3. The number of halogens is 2. The van der Waals surface area contributed by atoms with Crippen molar-refractivity contribution in [2.75, 3.05) is 12.4 Å². The monoisotopic (exact) mass is 389 g/mol. The molecule has 0 aromatic heterocycles. The molecule has 0 saturated heterocycles. The van der Waals surface area contributed by atoms with Crippen molar-refractivity contribution in [2.45, 2.75) is 9.79 Å². The van der Waals surface area contributed by atoms with Gasteiger partial charge in [0.05, 0.1) is 10.6 Å². The van der Waals surface area contributed by atoms with Crippen LogP contribution in [-0.2, 0) is 14.8 Å². The van der Waals surface area contributed by atoms with E-state index < -0.39 is 16.0 Å². The van der Waals surface area contributed by atoms with Crippen LogP contribution in [0.2, 0.25) is 5.02 Å². The Labute approximate surface area is 148 Å². The molecule has 2 aromatic rings. The van der Waals surface area contributed by atoms with Crippen LogP contribution in [0, 0.1) is 5.82 Å². The number of benzene rings is 2. The number of ether oxygens (including phenoxy) is 1. The van der Waals surface area contributed by atoms with Crippen LogP contribution < -0.4 is 5.14 Å². The summed E-state index contributed by atoms with van der Waals surface area (Å²) in [4.78, 5) is 12.0. The predicted molar refractivity (Wildman–Crippen MR) is 90.2 cm³/mol. The highest BCUT2D eigenvalue weighted by Crippen LogP contribution is 2.23. The van der Waals surface area contributed by atoms with Crippen molar-refractivity contribution in [3.8, 4) is 0 Å². The Balaban J connectivity index is 1.95. The Kier molecular flexibility index (Phi) is 6.22. The zero-order chi connectivity index (χ0) is 17.7. The van der Waals surface area contributed by atoms with Crippen LogP contribution in [0.5, 0.6) is 0 Å². The van der Waals surface area contributed by atoms with Crippen LogP contribution in [0.3, 0.4) is 0 Å². The highest BCUT2D eigenvalue weighted by Gasteiger charge is 2.17. The van der Waals surface area contributed by atoms with Gasteiger partial charge in [0.2, 0.25) is 10.0 Å². The number of hydrogen-bond acceptors (Lipinski definition) is 5. The van der Waals surface area contributed by atoms with Gasteiger partial charge in [0.25, 0.3) is 0 Å². The van der Waals surface area contributed by atoms with Crippen molar-refractivity contribution in [3.63, 3.8) is 0 Å². The van der Waals surface area contributed by atoms with E-state index >= 15 is 0 Å². The van der Waals surface area contributed by atoms with Gasteiger partial charge < -0.3 is 4.74 Å². The summed E-state index contributed by atoms with van der Waals surface area (Å²) in [6, 6.07) is 9.92. The number of sulfonamides is 1. The summed E-state index contributed by atoms with van der Waals surface area (Å²) < 4.78 is 41.2. The van der Waals surface area contributed by atoms with Gasteiger partial charge in [0.1, 0.15) is 17.3 Å². The summed E-state index contributed by atoms with van der Waals surface area (Å²) in [5.41, 5.74) is 0.0133. The molecule has 24 heavy (non-hydrogen) atoms. The lowest BCUT2D eigenvalue weighted by atomic mass is 10.2. The van der Waals surface area contributed by atoms with E-state index in [1.54, 1.807) is 18.2 Å². The van der Waals surface area contributed by atoms with E-state index in [0.29, 0.717) is 10.6 Å². The van der Waals surface area contributed by atoms with Crippen LogP contribution in [0.1, 0.15) is 10.4 Å². The molecule has 0 unspecified atom stereocenters. The first-order valence-electron chi connectivity index (χ1n) is 6.66. The molecule has 0 atom stereocenters. The van der Waals surface area contributed by atoms with Crippen molar-refractivity contribution in [1.82, 2.24) is 0 Å². The Morgan fingerprint density at radius 1 is 1.25 bits per heavy atom. The minimum Gasteiger partial charge on any atom is -0.461 e. The molecule has 0 spiro atoms. The SMILES string of the molecule is NS(=O)(=O)c1cc(C(=O)OCCSc2ccccc2F)ccc1Cl. The van der Waals surface area contributed by atoms with E-state index in [4.69, 9.17) is 21.5 Å². The van der Waals surface area contributed by atoms with Gasteiger partial charge in [-0.3, -0.25) is 0 Å². The quantitative estimate of drug-likeness (QED) is 0.466. The number of carbonyl (C=O) groups excluding carboxylic acids is 1. The molecule has 128 valence electrons. The Morgan fingerprint density at radius 2 is 1.96 bits per heavy atom. The van der Waals surface area contributed by atoms with Crippen molar-refractivity contribution in [2.24, 2.45) is 5.14 Å². The molecule has 0 aliphatic carbocycles. The first-order valence-corrected chi connectivity index (χ1v) is 9.57. The summed E-state index contributed by atoms with van der Waals surface area (Å²) in [6.45, 7) is 0.0329. The second-order valence-corrected chi connectivity index (χ2v) is 7.68. The molecule has 0 amide bonds. The van der Waals surface area contributed by atoms with Crippen molar-refractivity contribution >= 4 is 39.4 Å². The van der Waals surface area contributed by atoms with Gasteiger partial charge in [0.15, 0.2) is 0 Å². The van der Waals surface area contributed by atoms with Crippen LogP contribution in [0.15, 0.2) is 52.3 Å². The molecule has 2 aromatic carbocycles. The number of rotatable bonds is 6. The van der Waals surface area contributed by atoms with Crippen LogP contribution in [0.25, 0.3) is 0 Å². The summed E-state index contributed by atoms with van der Waals surface area (Å²) in [5, 5.41) is 4.94. The number of nitrogens with two attached hydrogens (primary N) is 1. The van der Waals surface area contributed by atoms with Crippen molar-refractivity contribution in [1.29, 1.82) is 0 Å². The molecule has 0 saturated carbocycles. The van der Waals surface area contributed by atoms with Crippen LogP contribution in [-0.4, -0.2) is 26.7 Å². The summed E-state index contributed by atoms with van der Waals surface area (Å²) >= 11 is 6.95. The van der Waals surface area contributed by atoms with E-state index in [1.165, 1.54) is 30.0 Å². The van der Waals surface area contributed by atoms with Crippen LogP contribution in [0.4, 0.5) is 4.39 Å². The van der Waals surface area contributed by atoms with E-state index in [1.807, 2.05) is 0 Å². The Bertz CT molecular complexity index is 858. The van der Waals surface area contributed by atoms with E-state index in [9.17, 15) is 17.6 Å². The van der Waals surface area contributed by atoms with Gasteiger partial charge in [-0.15, -0.1) is 11.8 Å². The average molecular weight is 390 g/mol. The number of carbonyl (C=O) groups is 1. The summed E-state index contributed by atoms with van der Waals surface area (Å²) in [7, 11) is -4.04. The minimum absolute atomic E-state index is 0.0133. The second-order valence-electron chi connectivity index (χ2n) is 4.61. The highest BCUT2D eigenvalue weighted by molar-refractivity contribution is 7.99. The molecule has 0 aliphatic heterocycles. The molecule has 5 nitrogen and oxygen atoms in total. The number of thioether (sulfide) groups is 1. The predicted octanol–water partition coefficient (Wildman–Crippen LogP) is 3.08. The maximum absolute atomic E-state index is 13.4. The third-order valence-electron chi connectivity index (χ3n) is 2.88. The van der Waals surface area contributed by atoms with Gasteiger partial charge in [-0.25, -0.2) is 22.7 Å². The largest absolute Gasteiger partial charge is 0.461 e. The lowest BCUT2D eigenvalue weighted by molar-refractivity contribution is 0.0530. The molecule has 2 N–H and O–H groups in total. The fourth-order valence-corrected chi connectivity index (χ4v) is 3.62. The molecule has 0 radical (unpaired) electrons. The molecular formula is C15H13ClFNO4S2. The summed E-state index contributed by atoms with van der Waals surface area (Å²) in [5.74, 6) is -0.711. The van der Waals surface area contributed by atoms with Gasteiger partial charge in [0, 0.05) is 10.6 Å². The molecular weight excluding hydrogens is 377 g/mol. The van der Waals surface area contributed by atoms with Crippen molar-refractivity contribution < 1.29 is 22.3 Å². The average Bonchev–Trinajstić information content (AvgIpc) is 2.52. The molecule has 0 aliphatic rings. The lowest BCUT2D eigenvalue weighted by Crippen LogP contribution is -2.14. The second kappa shape index (κ2) is 7.98. The summed E-state index contributed by atoms with van der Waals surface area (Å²) in [6.07, 6.45) is 0. The maximum atomic E-state index is 13.4. The topological polar surface area (TPSA) is 86.5 Å². The lowest BCUT2D eigenvalue weighted by Gasteiger charge is -2.07. The fraction of sp³-hybridized carbons (Fsp3) is 0.133. The first kappa shape index (κ1) is 18.7. The molecule has 0 fully saturated rings. The smallest absolute Gasteiger partial charge is 0.338 e. The van der Waals surface area contributed by atoms with Gasteiger partial charge >= 0.3 is 5.97 Å². The normalized spacial score (nSPS) is 11.3. The molecule has 0 heterocycles. The minimum atomic E-state index is -4.04. The number of esters is 1. The molecule has 0 bridgehead atoms. The zero-order valence-corrected chi connectivity index (χ0v) is 14.6. The van der Waals surface area contributed by atoms with Gasteiger partial charge in [-0.05, 0) is 30.3 Å². The van der Waals surface area contributed by atoms with E-state index in [-0.39, 0.29) is 27.9 Å². The third kappa shape index (κ3) is 4.94. The van der Waals surface area contributed by atoms with Crippen LogP contribution >= 0.6 is 23.4 Å². The number of primary sulfonamides is 1. The van der Waals surface area contributed by atoms with Gasteiger partial charge in [-0.1, -0.05) is 23.7 Å². The standard InChI is InChI=1S/C15H13ClFNO4S2/c16-11-6-5-10(9-14(11)24(18,20)21)15(19)22-7-8-23-13-4-2-1-3-12(13)17/h1-6,9H,7-8H2,(H2,18,20,21). The fourth-order valence-electron chi connectivity index (χ4n) is 1.78. The molecule has 9 heteroatoms. The Morgan fingerprint density at radius 3 is 2.62 bits per heavy atom. The highest BCUT2D eigenvalue weighted by atomic mass is 35.5.